The fourth-order valence-electron chi connectivity index (χ4n) is 1.62. The third kappa shape index (κ3) is 3.07. The first-order chi connectivity index (χ1) is 7.15. The van der Waals surface area contributed by atoms with Gasteiger partial charge in [-0.15, -0.1) is 0 Å². The highest BCUT2D eigenvalue weighted by molar-refractivity contribution is 5.82. The fraction of sp³-hybridized carbons (Fsp3) is 0.308. The number of ether oxygens (including phenoxy) is 1. The second kappa shape index (κ2) is 5.48. The number of halogens is 1. The molecule has 0 atom stereocenters. The molecule has 0 aliphatic carbocycles. The van der Waals surface area contributed by atoms with Crippen LogP contribution in [-0.2, 0) is 7.05 Å². The van der Waals surface area contributed by atoms with E-state index in [2.05, 4.69) is 24.4 Å². The Hall–Kier alpha value is -0.840. The smallest absolute Gasteiger partial charge is 0.176 e. The molecule has 0 saturated heterocycles. The molecule has 0 fully saturated rings. The van der Waals surface area contributed by atoms with Gasteiger partial charge >= 0.3 is 0 Å². The zero-order valence-electron chi connectivity index (χ0n) is 9.77. The van der Waals surface area contributed by atoms with Crippen molar-refractivity contribution in [2.24, 2.45) is 7.05 Å². The molecule has 0 radical (unpaired) electrons. The van der Waals surface area contributed by atoms with Crippen LogP contribution in [0.1, 0.15) is 13.8 Å². The van der Waals surface area contributed by atoms with E-state index in [0.717, 1.165) is 5.75 Å². The van der Waals surface area contributed by atoms with Gasteiger partial charge in [0.1, 0.15) is 12.8 Å². The summed E-state index contributed by atoms with van der Waals surface area (Å²) in [5, 5.41) is 2.45. The SMILES string of the molecule is CC(C)Oc1ccc2c[n+](C)ccc2c1.[I-]. The number of aromatic nitrogens is 1. The minimum atomic E-state index is 0. The van der Waals surface area contributed by atoms with Crippen molar-refractivity contribution in [2.45, 2.75) is 20.0 Å². The molecule has 1 aromatic heterocycles. The van der Waals surface area contributed by atoms with Gasteiger partial charge in [0, 0.05) is 11.5 Å². The molecule has 16 heavy (non-hydrogen) atoms. The highest BCUT2D eigenvalue weighted by Crippen LogP contribution is 2.20. The monoisotopic (exact) mass is 329 g/mol. The molecule has 2 aromatic rings. The van der Waals surface area contributed by atoms with Crippen molar-refractivity contribution in [2.75, 3.05) is 0 Å². The Morgan fingerprint density at radius 2 is 1.88 bits per heavy atom. The predicted molar refractivity (Wildman–Crippen MR) is 60.9 cm³/mol. The minimum Gasteiger partial charge on any atom is -1.00 e. The van der Waals surface area contributed by atoms with Gasteiger partial charge in [0.15, 0.2) is 12.4 Å². The second-order valence-electron chi connectivity index (χ2n) is 4.07. The summed E-state index contributed by atoms with van der Waals surface area (Å²) in [4.78, 5) is 0. The van der Waals surface area contributed by atoms with E-state index < -0.39 is 0 Å². The molecule has 1 heterocycles. The maximum absolute atomic E-state index is 5.65. The summed E-state index contributed by atoms with van der Waals surface area (Å²) in [6, 6.07) is 8.28. The van der Waals surface area contributed by atoms with E-state index in [-0.39, 0.29) is 30.1 Å². The van der Waals surface area contributed by atoms with Crippen LogP contribution in [0, 0.1) is 0 Å². The molecular weight excluding hydrogens is 313 g/mol. The average Bonchev–Trinajstić information content (AvgIpc) is 2.17. The van der Waals surface area contributed by atoms with Crippen LogP contribution in [0.15, 0.2) is 36.7 Å². The van der Waals surface area contributed by atoms with Crippen LogP contribution in [0.5, 0.6) is 5.75 Å². The number of aryl methyl sites for hydroxylation is 1. The van der Waals surface area contributed by atoms with E-state index in [0.29, 0.717) is 0 Å². The van der Waals surface area contributed by atoms with Gasteiger partial charge in [-0.3, -0.25) is 0 Å². The molecule has 0 amide bonds. The molecule has 3 heteroatoms. The molecule has 86 valence electrons. The lowest BCUT2D eigenvalue weighted by Gasteiger charge is -2.09. The van der Waals surface area contributed by atoms with Crippen molar-refractivity contribution in [3.05, 3.63) is 36.7 Å². The van der Waals surface area contributed by atoms with E-state index in [1.165, 1.54) is 10.8 Å². The summed E-state index contributed by atoms with van der Waals surface area (Å²) in [5.74, 6) is 0.936. The number of rotatable bonds is 2. The third-order valence-corrected chi connectivity index (χ3v) is 2.26. The number of nitrogens with zero attached hydrogens (tertiary/aromatic N) is 1. The maximum Gasteiger partial charge on any atom is 0.176 e. The van der Waals surface area contributed by atoms with Crippen LogP contribution < -0.4 is 33.3 Å². The Morgan fingerprint density at radius 1 is 1.12 bits per heavy atom. The van der Waals surface area contributed by atoms with Crippen LogP contribution >= 0.6 is 0 Å². The molecule has 0 bridgehead atoms. The van der Waals surface area contributed by atoms with E-state index in [4.69, 9.17) is 4.74 Å². The summed E-state index contributed by atoms with van der Waals surface area (Å²) in [7, 11) is 2.03. The van der Waals surface area contributed by atoms with Gasteiger partial charge in [-0.25, -0.2) is 4.57 Å². The van der Waals surface area contributed by atoms with Crippen molar-refractivity contribution in [1.82, 2.24) is 0 Å². The Morgan fingerprint density at radius 3 is 2.56 bits per heavy atom. The van der Waals surface area contributed by atoms with E-state index in [1.807, 2.05) is 37.7 Å². The van der Waals surface area contributed by atoms with Gasteiger partial charge in [0.25, 0.3) is 0 Å². The Balaban J connectivity index is 0.00000128. The quantitative estimate of drug-likeness (QED) is 0.533. The summed E-state index contributed by atoms with van der Waals surface area (Å²) in [6.07, 6.45) is 4.37. The lowest BCUT2D eigenvalue weighted by Crippen LogP contribution is -3.00. The summed E-state index contributed by atoms with van der Waals surface area (Å²) in [6.45, 7) is 4.07. The normalized spacial score (nSPS) is 10.2. The van der Waals surface area contributed by atoms with Crippen LogP contribution in [0.25, 0.3) is 10.8 Å². The van der Waals surface area contributed by atoms with Crippen LogP contribution in [-0.4, -0.2) is 6.10 Å². The van der Waals surface area contributed by atoms with Gasteiger partial charge in [0.05, 0.1) is 6.10 Å². The topological polar surface area (TPSA) is 13.1 Å². The Bertz CT molecular complexity index is 482. The summed E-state index contributed by atoms with van der Waals surface area (Å²) >= 11 is 0. The second-order valence-corrected chi connectivity index (χ2v) is 4.07. The van der Waals surface area contributed by atoms with Crippen molar-refractivity contribution in [3.8, 4) is 5.75 Å². The first-order valence-electron chi connectivity index (χ1n) is 5.21. The summed E-state index contributed by atoms with van der Waals surface area (Å²) in [5.41, 5.74) is 0. The molecule has 0 saturated carbocycles. The summed E-state index contributed by atoms with van der Waals surface area (Å²) < 4.78 is 7.69. The third-order valence-electron chi connectivity index (χ3n) is 2.26. The number of fused-ring (bicyclic) bond motifs is 1. The van der Waals surface area contributed by atoms with Gasteiger partial charge in [-0.1, -0.05) is 0 Å². The number of pyridine rings is 1. The Kier molecular flexibility index (Phi) is 4.53. The number of hydrogen-bond acceptors (Lipinski definition) is 1. The zero-order valence-corrected chi connectivity index (χ0v) is 11.9. The van der Waals surface area contributed by atoms with Crippen molar-refractivity contribution < 1.29 is 33.3 Å². The van der Waals surface area contributed by atoms with Gasteiger partial charge in [-0.2, -0.15) is 0 Å². The molecule has 0 N–H and O–H groups in total. The largest absolute Gasteiger partial charge is 1.00 e. The molecule has 0 aliphatic rings. The predicted octanol–water partition coefficient (Wildman–Crippen LogP) is -0.544. The standard InChI is InChI=1S/C13H16NO.HI/c1-10(2)15-13-5-4-12-9-14(3)7-6-11(12)8-13;/h4-10H,1-3H3;1H/q+1;/p-1. The van der Waals surface area contributed by atoms with Crippen molar-refractivity contribution in [3.63, 3.8) is 0 Å². The molecule has 0 unspecified atom stereocenters. The maximum atomic E-state index is 5.65. The minimum absolute atomic E-state index is 0. The fourth-order valence-corrected chi connectivity index (χ4v) is 1.62. The van der Waals surface area contributed by atoms with Crippen LogP contribution in [0.3, 0.4) is 0 Å². The van der Waals surface area contributed by atoms with E-state index in [9.17, 15) is 0 Å². The lowest BCUT2D eigenvalue weighted by molar-refractivity contribution is -0.670. The first kappa shape index (κ1) is 13.2. The molecule has 2 rings (SSSR count). The van der Waals surface area contributed by atoms with Gasteiger partial charge in [-0.05, 0) is 37.4 Å². The number of hydrogen-bond donors (Lipinski definition) is 0. The molecular formula is C13H16INO. The average molecular weight is 329 g/mol. The molecule has 0 aliphatic heterocycles. The van der Waals surface area contributed by atoms with Crippen molar-refractivity contribution in [1.29, 1.82) is 0 Å². The highest BCUT2D eigenvalue weighted by Gasteiger charge is 2.02. The molecule has 1 aromatic carbocycles. The van der Waals surface area contributed by atoms with Gasteiger partial charge < -0.3 is 28.7 Å². The number of benzene rings is 1. The van der Waals surface area contributed by atoms with Crippen LogP contribution in [0.4, 0.5) is 0 Å². The van der Waals surface area contributed by atoms with Gasteiger partial charge in [0.2, 0.25) is 0 Å². The lowest BCUT2D eigenvalue weighted by atomic mass is 10.2. The van der Waals surface area contributed by atoms with E-state index in [1.54, 1.807) is 0 Å². The highest BCUT2D eigenvalue weighted by atomic mass is 127. The van der Waals surface area contributed by atoms with E-state index >= 15 is 0 Å². The Labute approximate surface area is 113 Å². The van der Waals surface area contributed by atoms with Crippen LogP contribution in [0.2, 0.25) is 0 Å². The zero-order chi connectivity index (χ0) is 10.8. The molecule has 0 spiro atoms. The molecule has 2 nitrogen and oxygen atoms in total. The first-order valence-corrected chi connectivity index (χ1v) is 5.21. The van der Waals surface area contributed by atoms with Crippen molar-refractivity contribution >= 4 is 10.8 Å².